The number of benzene rings is 1. The van der Waals surface area contributed by atoms with Crippen LogP contribution in [0.15, 0.2) is 73.1 Å². The van der Waals surface area contributed by atoms with Crippen molar-refractivity contribution in [3.63, 3.8) is 0 Å². The molecule has 5 nitrogen and oxygen atoms in total. The highest BCUT2D eigenvalue weighted by Crippen LogP contribution is 2.43. The molecule has 1 fully saturated rings. The van der Waals surface area contributed by atoms with E-state index in [0.717, 1.165) is 39.7 Å². The Morgan fingerprint density at radius 1 is 0.939 bits per heavy atom. The molecule has 1 aliphatic rings. The Hall–Kier alpha value is -3.58. The van der Waals surface area contributed by atoms with Gasteiger partial charge in [0.25, 0.3) is 0 Å². The van der Waals surface area contributed by atoms with Crippen molar-refractivity contribution in [1.82, 2.24) is 19.9 Å². The van der Waals surface area contributed by atoms with Crippen molar-refractivity contribution in [2.75, 3.05) is 4.90 Å². The summed E-state index contributed by atoms with van der Waals surface area (Å²) < 4.78 is 15.9. The molecule has 0 saturated carbocycles. The average Bonchev–Trinajstić information content (AvgIpc) is 3.31. The summed E-state index contributed by atoms with van der Waals surface area (Å²) in [6, 6.07) is 18.2. The van der Waals surface area contributed by atoms with Crippen LogP contribution in [0.2, 0.25) is 0 Å². The Morgan fingerprint density at radius 3 is 2.39 bits per heavy atom. The van der Waals surface area contributed by atoms with Crippen LogP contribution in [0, 0.1) is 26.6 Å². The molecule has 1 aromatic carbocycles. The molecule has 1 aliphatic heterocycles. The first kappa shape index (κ1) is 21.3. The number of aromatic nitrogens is 3. The molecule has 1 N–H and O–H groups in total. The molecule has 2 atom stereocenters. The van der Waals surface area contributed by atoms with Gasteiger partial charge in [-0.2, -0.15) is 0 Å². The van der Waals surface area contributed by atoms with Crippen LogP contribution in [0.1, 0.15) is 40.3 Å². The Labute approximate surface area is 197 Å². The summed E-state index contributed by atoms with van der Waals surface area (Å²) in [6.07, 6.45) is 3.60. The maximum absolute atomic E-state index is 13.7. The van der Waals surface area contributed by atoms with E-state index >= 15 is 0 Å². The first-order valence-electron chi connectivity index (χ1n) is 10.8. The van der Waals surface area contributed by atoms with Crippen molar-refractivity contribution in [3.8, 4) is 5.82 Å². The van der Waals surface area contributed by atoms with Crippen molar-refractivity contribution in [2.24, 2.45) is 0 Å². The van der Waals surface area contributed by atoms with E-state index in [0.29, 0.717) is 5.11 Å². The molecule has 4 aromatic rings. The summed E-state index contributed by atoms with van der Waals surface area (Å²) in [7, 11) is 0. The van der Waals surface area contributed by atoms with Crippen LogP contribution >= 0.6 is 12.2 Å². The second kappa shape index (κ2) is 8.41. The SMILES string of the molecule is Cc1cccnc1-n1c(C)cc([C@@H]2[C@@H](c3ccccn3)NC(=S)N2c2ccc(F)cc2)c1C. The standard InChI is InChI=1S/C26H24FN5S/c1-16-7-6-14-29-25(16)31-17(2)15-21(18(31)3)24-23(22-8-4-5-13-28-22)30-26(33)32(24)20-11-9-19(27)10-12-20/h4-15,23-24H,1-3H3,(H,30,33)/t23-,24-/m1/s1. The van der Waals surface area contributed by atoms with Crippen LogP contribution in [-0.4, -0.2) is 19.6 Å². The maximum Gasteiger partial charge on any atom is 0.174 e. The fourth-order valence-corrected chi connectivity index (χ4v) is 5.02. The number of hydrogen-bond donors (Lipinski definition) is 1. The molecule has 166 valence electrons. The number of anilines is 1. The number of rotatable bonds is 4. The first-order valence-corrected chi connectivity index (χ1v) is 11.2. The predicted octanol–water partition coefficient (Wildman–Crippen LogP) is 5.51. The quantitative estimate of drug-likeness (QED) is 0.410. The minimum atomic E-state index is -0.279. The first-order chi connectivity index (χ1) is 16.0. The van der Waals surface area contributed by atoms with E-state index in [9.17, 15) is 4.39 Å². The zero-order valence-electron chi connectivity index (χ0n) is 18.7. The number of nitrogens with one attached hydrogen (secondary N) is 1. The Morgan fingerprint density at radius 2 is 1.70 bits per heavy atom. The third-order valence-electron chi connectivity index (χ3n) is 6.19. The van der Waals surface area contributed by atoms with Crippen LogP contribution < -0.4 is 10.2 Å². The molecular formula is C26H24FN5S. The van der Waals surface area contributed by atoms with E-state index in [1.54, 1.807) is 18.3 Å². The van der Waals surface area contributed by atoms with Gasteiger partial charge in [0.2, 0.25) is 0 Å². The van der Waals surface area contributed by atoms with Crippen molar-refractivity contribution in [2.45, 2.75) is 32.9 Å². The van der Waals surface area contributed by atoms with Gasteiger partial charge in [-0.15, -0.1) is 0 Å². The molecular weight excluding hydrogens is 433 g/mol. The molecule has 0 amide bonds. The summed E-state index contributed by atoms with van der Waals surface area (Å²) in [5.41, 5.74) is 6.11. The number of thiocarbonyl (C=S) groups is 1. The van der Waals surface area contributed by atoms with Gasteiger partial charge in [-0.25, -0.2) is 9.37 Å². The lowest BCUT2D eigenvalue weighted by molar-refractivity contribution is 0.565. The predicted molar refractivity (Wildman–Crippen MR) is 132 cm³/mol. The Bertz CT molecular complexity index is 1320. The number of aryl methyl sites for hydroxylation is 2. The van der Waals surface area contributed by atoms with Crippen molar-refractivity contribution < 1.29 is 4.39 Å². The van der Waals surface area contributed by atoms with E-state index < -0.39 is 0 Å². The van der Waals surface area contributed by atoms with E-state index in [4.69, 9.17) is 12.2 Å². The average molecular weight is 458 g/mol. The van der Waals surface area contributed by atoms with Gasteiger partial charge in [0.1, 0.15) is 11.6 Å². The van der Waals surface area contributed by atoms with Gasteiger partial charge in [0.05, 0.1) is 17.8 Å². The highest BCUT2D eigenvalue weighted by Gasteiger charge is 2.42. The van der Waals surface area contributed by atoms with Gasteiger partial charge in [-0.1, -0.05) is 12.1 Å². The second-order valence-electron chi connectivity index (χ2n) is 8.28. The molecule has 0 aliphatic carbocycles. The van der Waals surface area contributed by atoms with E-state index in [2.05, 4.69) is 57.7 Å². The molecule has 0 bridgehead atoms. The summed E-state index contributed by atoms with van der Waals surface area (Å²) in [5.74, 6) is 0.633. The Kier molecular flexibility index (Phi) is 5.42. The van der Waals surface area contributed by atoms with Gasteiger partial charge in [0, 0.05) is 29.5 Å². The summed E-state index contributed by atoms with van der Waals surface area (Å²) in [4.78, 5) is 11.3. The molecule has 3 aromatic heterocycles. The molecule has 0 spiro atoms. The number of nitrogens with zero attached hydrogens (tertiary/aromatic N) is 4. The lowest BCUT2D eigenvalue weighted by atomic mass is 9.96. The molecule has 4 heterocycles. The zero-order valence-corrected chi connectivity index (χ0v) is 19.5. The largest absolute Gasteiger partial charge is 0.351 e. The minimum absolute atomic E-state index is 0.164. The minimum Gasteiger partial charge on any atom is -0.351 e. The topological polar surface area (TPSA) is 46.0 Å². The van der Waals surface area contributed by atoms with Gasteiger partial charge >= 0.3 is 0 Å². The highest BCUT2D eigenvalue weighted by atomic mass is 32.1. The van der Waals surface area contributed by atoms with Crippen molar-refractivity contribution >= 4 is 23.0 Å². The fraction of sp³-hybridized carbons (Fsp3) is 0.192. The number of halogens is 1. The molecule has 7 heteroatoms. The van der Waals surface area contributed by atoms with Crippen LogP contribution in [0.25, 0.3) is 5.82 Å². The number of hydrogen-bond acceptors (Lipinski definition) is 3. The van der Waals surface area contributed by atoms with Crippen LogP contribution in [0.3, 0.4) is 0 Å². The molecule has 0 unspecified atom stereocenters. The normalized spacial score (nSPS) is 17.9. The maximum atomic E-state index is 13.7. The van der Waals surface area contributed by atoms with Crippen molar-refractivity contribution in [1.29, 1.82) is 0 Å². The molecule has 33 heavy (non-hydrogen) atoms. The molecule has 0 radical (unpaired) electrons. The lowest BCUT2D eigenvalue weighted by Gasteiger charge is -2.28. The van der Waals surface area contributed by atoms with Crippen LogP contribution in [0.5, 0.6) is 0 Å². The van der Waals surface area contributed by atoms with E-state index in [-0.39, 0.29) is 17.9 Å². The Balaban J connectivity index is 1.69. The van der Waals surface area contributed by atoms with E-state index in [1.807, 2.05) is 30.5 Å². The third kappa shape index (κ3) is 3.68. The highest BCUT2D eigenvalue weighted by molar-refractivity contribution is 7.80. The lowest BCUT2D eigenvalue weighted by Crippen LogP contribution is -2.29. The summed E-state index contributed by atoms with van der Waals surface area (Å²) in [6.45, 7) is 6.26. The zero-order chi connectivity index (χ0) is 23.1. The van der Waals surface area contributed by atoms with Crippen LogP contribution in [-0.2, 0) is 0 Å². The summed E-state index contributed by atoms with van der Waals surface area (Å²) >= 11 is 5.78. The van der Waals surface area contributed by atoms with E-state index in [1.165, 1.54) is 12.1 Å². The molecule has 1 saturated heterocycles. The molecule has 5 rings (SSSR count). The van der Waals surface area contributed by atoms with Gasteiger partial charge in [-0.3, -0.25) is 4.98 Å². The summed E-state index contributed by atoms with van der Waals surface area (Å²) in [5, 5.41) is 4.05. The second-order valence-corrected chi connectivity index (χ2v) is 8.67. The fourth-order valence-electron chi connectivity index (χ4n) is 4.68. The van der Waals surface area contributed by atoms with Gasteiger partial charge < -0.3 is 14.8 Å². The van der Waals surface area contributed by atoms with Crippen molar-refractivity contribution in [3.05, 3.63) is 107 Å². The smallest absolute Gasteiger partial charge is 0.174 e. The van der Waals surface area contributed by atoms with Crippen LogP contribution in [0.4, 0.5) is 10.1 Å². The number of pyridine rings is 2. The van der Waals surface area contributed by atoms with Gasteiger partial charge in [0.15, 0.2) is 5.11 Å². The monoisotopic (exact) mass is 457 g/mol. The van der Waals surface area contributed by atoms with Gasteiger partial charge in [-0.05, 0) is 92.6 Å². The third-order valence-corrected chi connectivity index (χ3v) is 6.50.